The highest BCUT2D eigenvalue weighted by molar-refractivity contribution is 7.20. The highest BCUT2D eigenvalue weighted by atomic mass is 28.3. The molecule has 0 aliphatic rings. The van der Waals surface area contributed by atoms with E-state index in [0.29, 0.717) is 22.5 Å². The molecule has 17 aromatic rings. The highest BCUT2D eigenvalue weighted by Gasteiger charge is 2.42. The maximum atomic E-state index is 10.6. The molecule has 0 bridgehead atoms. The van der Waals surface area contributed by atoms with Crippen LogP contribution in [0.1, 0.15) is 17.8 Å². The molecule has 4 heteroatoms. The van der Waals surface area contributed by atoms with Crippen LogP contribution in [0.3, 0.4) is 0 Å². The summed E-state index contributed by atoms with van der Waals surface area (Å²) in [6.07, 6.45) is 0. The molecular formula is C84H57N3Si. The second kappa shape index (κ2) is 21.0. The molecule has 0 spiro atoms. The predicted molar refractivity (Wildman–Crippen MR) is 375 cm³/mol. The summed E-state index contributed by atoms with van der Waals surface area (Å²) in [6, 6.07) is 84.0. The normalized spacial score (nSPS) is 13.9. The van der Waals surface area contributed by atoms with E-state index in [-0.39, 0.29) is 66.9 Å². The fourth-order valence-electron chi connectivity index (χ4n) is 13.4. The van der Waals surface area contributed by atoms with Gasteiger partial charge in [-0.2, -0.15) is 0 Å². The summed E-state index contributed by atoms with van der Waals surface area (Å²) in [5.41, 5.74) is 8.33. The van der Waals surface area contributed by atoms with Gasteiger partial charge in [0.25, 0.3) is 0 Å². The molecule has 3 heterocycles. The van der Waals surface area contributed by atoms with Gasteiger partial charge in [0.15, 0.2) is 8.07 Å². The Labute approximate surface area is 530 Å². The summed E-state index contributed by atoms with van der Waals surface area (Å²) in [5.74, 6) is 0. The molecule has 88 heavy (non-hydrogen) atoms. The van der Waals surface area contributed by atoms with Crippen molar-refractivity contribution in [2.24, 2.45) is 0 Å². The standard InChI is InChI=1S/C84H57N3Si/c1-5-24-58(25-6-1)61-30-21-35-70(52-61)88(69-33-11-4-12-34-69,71-36-22-31-62(53-71)59-26-7-2-8-27-59)72-37-23-32-63(54-72)65-50-67(86-79-42-17-13-38-73(79)74-39-14-18-43-80(74)86)56-68(51-65)87-82-45-20-16-41-76(82)78-57-66(47-49-84(78)87)85-81-44-19-15-40-75(81)77-55-64(46-48-83(77)85)60-28-9-3-10-29-60/h1-57H/i15D,16D,19D,20D,40D,41D,45D,46D,47D,48D,49D,55D,57D. The summed E-state index contributed by atoms with van der Waals surface area (Å²) in [4.78, 5) is 0. The Balaban J connectivity index is 0.985. The molecule has 0 unspecified atom stereocenters. The molecule has 3 aromatic heterocycles. The average Bonchev–Trinajstić information content (AvgIpc) is 1.54. The van der Waals surface area contributed by atoms with Gasteiger partial charge in [-0.3, -0.25) is 0 Å². The first kappa shape index (κ1) is 39.3. The lowest BCUT2D eigenvalue weighted by Gasteiger charge is -2.35. The van der Waals surface area contributed by atoms with Crippen LogP contribution in [-0.4, -0.2) is 21.8 Å². The van der Waals surface area contributed by atoms with Crippen molar-refractivity contribution in [1.82, 2.24) is 13.7 Å². The van der Waals surface area contributed by atoms with Crippen molar-refractivity contribution in [3.05, 3.63) is 345 Å². The summed E-state index contributed by atoms with van der Waals surface area (Å²) in [7, 11) is -3.44. The maximum absolute atomic E-state index is 10.6. The number of para-hydroxylation sites is 4. The van der Waals surface area contributed by atoms with Gasteiger partial charge in [-0.25, -0.2) is 0 Å². The largest absolute Gasteiger partial charge is 0.309 e. The third-order valence-electron chi connectivity index (χ3n) is 17.3. The molecule has 0 saturated carbocycles. The summed E-state index contributed by atoms with van der Waals surface area (Å²) < 4.78 is 131. The van der Waals surface area contributed by atoms with Crippen molar-refractivity contribution in [2.75, 3.05) is 0 Å². The van der Waals surface area contributed by atoms with Crippen LogP contribution in [-0.2, 0) is 0 Å². The Morgan fingerprint density at radius 3 is 1.19 bits per heavy atom. The Bertz CT molecular complexity index is 6180. The Hall–Kier alpha value is -11.3. The van der Waals surface area contributed by atoms with Crippen molar-refractivity contribution in [3.63, 3.8) is 0 Å². The van der Waals surface area contributed by atoms with Crippen LogP contribution in [0.5, 0.6) is 0 Å². The van der Waals surface area contributed by atoms with Gasteiger partial charge in [-0.15, -0.1) is 0 Å². The quantitative estimate of drug-likeness (QED) is 0.0906. The zero-order chi connectivity index (χ0) is 69.4. The molecular weight excluding hydrogens is 1080 g/mol. The molecule has 0 saturated heterocycles. The molecule has 14 aromatic carbocycles. The van der Waals surface area contributed by atoms with Crippen LogP contribution in [0.15, 0.2) is 345 Å². The van der Waals surface area contributed by atoms with E-state index in [2.05, 4.69) is 180 Å². The topological polar surface area (TPSA) is 14.8 Å². The van der Waals surface area contributed by atoms with E-state index in [1.165, 1.54) is 10.6 Å². The molecule has 412 valence electrons. The van der Waals surface area contributed by atoms with E-state index in [1.807, 2.05) is 54.6 Å². The SMILES string of the molecule is [2H]c1cc2c(c([2H])c1[2H])c1c([2H])c(-c3ccccc3)c([2H])c([2H])c1n2-c1c([2H])c([2H])c2c(c1[2H])c1c([2H])c([2H])c([2H])c([2H])c1n2-c1cc(-c2cccc([Si](c3ccccc3)(c3cccc(-c4ccccc4)c3)c3cccc(-c4ccccc4)c3)c2)cc(-n2c3ccccc3c3ccccc32)c1. The van der Waals surface area contributed by atoms with Gasteiger partial charge in [0.05, 0.1) is 50.9 Å². The van der Waals surface area contributed by atoms with E-state index < -0.39 is 74.5 Å². The van der Waals surface area contributed by atoms with Gasteiger partial charge >= 0.3 is 0 Å². The zero-order valence-corrected chi connectivity index (χ0v) is 48.2. The average molecular weight is 1150 g/mol. The lowest BCUT2D eigenvalue weighted by atomic mass is 10.0. The van der Waals surface area contributed by atoms with Crippen LogP contribution >= 0.6 is 0 Å². The summed E-state index contributed by atoms with van der Waals surface area (Å²) in [6.45, 7) is 0. The lowest BCUT2D eigenvalue weighted by Crippen LogP contribution is -2.74. The second-order valence-corrected chi connectivity index (χ2v) is 26.0. The zero-order valence-electron chi connectivity index (χ0n) is 60.2. The number of rotatable bonds is 11. The highest BCUT2D eigenvalue weighted by Crippen LogP contribution is 2.41. The van der Waals surface area contributed by atoms with Gasteiger partial charge in [-0.1, -0.05) is 273 Å². The molecule has 3 nitrogen and oxygen atoms in total. The number of fused-ring (bicyclic) bond motifs is 9. The maximum Gasteiger partial charge on any atom is 0.179 e. The van der Waals surface area contributed by atoms with Crippen LogP contribution < -0.4 is 20.7 Å². The Morgan fingerprint density at radius 2 is 0.614 bits per heavy atom. The summed E-state index contributed by atoms with van der Waals surface area (Å²) >= 11 is 0. The van der Waals surface area contributed by atoms with E-state index in [9.17, 15) is 15.1 Å². The van der Waals surface area contributed by atoms with Crippen LogP contribution in [0.4, 0.5) is 0 Å². The number of aromatic nitrogens is 3. The third kappa shape index (κ3) is 8.33. The first-order valence-corrected chi connectivity index (χ1v) is 31.3. The van der Waals surface area contributed by atoms with E-state index in [4.69, 9.17) is 2.74 Å². The molecule has 0 radical (unpaired) electrons. The van der Waals surface area contributed by atoms with Gasteiger partial charge in [0.1, 0.15) is 0 Å². The number of benzene rings is 14. The van der Waals surface area contributed by atoms with Crippen molar-refractivity contribution in [2.45, 2.75) is 0 Å². The van der Waals surface area contributed by atoms with Crippen molar-refractivity contribution >= 4 is 94.2 Å². The van der Waals surface area contributed by atoms with Gasteiger partial charge in [0.2, 0.25) is 0 Å². The predicted octanol–water partition coefficient (Wildman–Crippen LogP) is 19.0. The molecule has 0 fully saturated rings. The van der Waals surface area contributed by atoms with Gasteiger partial charge in [-0.05, 0) is 138 Å². The number of hydrogen-bond donors (Lipinski definition) is 0. The monoisotopic (exact) mass is 1150 g/mol. The molecule has 0 amide bonds. The minimum absolute atomic E-state index is 0.0260. The Kier molecular flexibility index (Phi) is 9.40. The van der Waals surface area contributed by atoms with E-state index in [1.54, 1.807) is 34.9 Å². The van der Waals surface area contributed by atoms with Crippen LogP contribution in [0.2, 0.25) is 0 Å². The molecule has 0 atom stereocenters. The second-order valence-electron chi connectivity index (χ2n) is 22.2. The molecule has 17 rings (SSSR count). The van der Waals surface area contributed by atoms with Gasteiger partial charge in [0, 0.05) is 49.4 Å². The first-order valence-electron chi connectivity index (χ1n) is 35.8. The lowest BCUT2D eigenvalue weighted by molar-refractivity contribution is 1.13. The minimum atomic E-state index is -3.44. The third-order valence-corrected chi connectivity index (χ3v) is 22.0. The van der Waals surface area contributed by atoms with Gasteiger partial charge < -0.3 is 13.7 Å². The number of nitrogens with zero attached hydrogens (tertiary/aromatic N) is 3. The molecule has 0 aliphatic heterocycles. The summed E-state index contributed by atoms with van der Waals surface area (Å²) in [5, 5.41) is 6.14. The molecule has 0 aliphatic carbocycles. The fraction of sp³-hybridized carbons (Fsp3) is 0. The van der Waals surface area contributed by atoms with Crippen molar-refractivity contribution < 1.29 is 17.8 Å². The Morgan fingerprint density at radius 1 is 0.216 bits per heavy atom. The minimum Gasteiger partial charge on any atom is -0.309 e. The van der Waals surface area contributed by atoms with Crippen LogP contribution in [0.25, 0.3) is 127 Å². The number of hydrogen-bond acceptors (Lipinski definition) is 0. The first-order chi connectivity index (χ1) is 49.1. The van der Waals surface area contributed by atoms with Crippen molar-refractivity contribution in [3.8, 4) is 61.6 Å². The fourth-order valence-corrected chi connectivity index (χ4v) is 18.2. The van der Waals surface area contributed by atoms with Crippen LogP contribution in [0, 0.1) is 0 Å². The molecule has 0 N–H and O–H groups in total. The van der Waals surface area contributed by atoms with Crippen molar-refractivity contribution in [1.29, 1.82) is 0 Å². The van der Waals surface area contributed by atoms with E-state index >= 15 is 0 Å². The van der Waals surface area contributed by atoms with E-state index in [0.717, 1.165) is 70.4 Å². The smallest absolute Gasteiger partial charge is 0.179 e.